The number of carbonyl (C=O) groups is 3. The van der Waals surface area contributed by atoms with Gasteiger partial charge in [-0.3, -0.25) is 19.4 Å². The van der Waals surface area contributed by atoms with E-state index in [9.17, 15) is 24.6 Å². The van der Waals surface area contributed by atoms with Gasteiger partial charge >= 0.3 is 6.09 Å². The summed E-state index contributed by atoms with van der Waals surface area (Å²) in [5, 5.41) is 23.5. The zero-order chi connectivity index (χ0) is 41.5. The Kier molecular flexibility index (Phi) is 13.3. The van der Waals surface area contributed by atoms with Gasteiger partial charge in [-0.2, -0.15) is 0 Å². The molecule has 0 aromatic heterocycles. The Bertz CT molecular complexity index is 2200. The number of hydrogen-bond acceptors (Lipinski definition) is 9. The van der Waals surface area contributed by atoms with Crippen LogP contribution in [-0.4, -0.2) is 69.7 Å². The van der Waals surface area contributed by atoms with Crippen molar-refractivity contribution in [1.82, 2.24) is 15.1 Å². The zero-order valence-corrected chi connectivity index (χ0v) is 33.5. The quantitative estimate of drug-likeness (QED) is 0.0993. The van der Waals surface area contributed by atoms with Gasteiger partial charge in [-0.05, 0) is 65.0 Å². The van der Waals surface area contributed by atoms with Crippen molar-refractivity contribution in [3.8, 4) is 11.1 Å². The van der Waals surface area contributed by atoms with Gasteiger partial charge in [-0.25, -0.2) is 4.79 Å². The second kappa shape index (κ2) is 18.9. The Hall–Kier alpha value is -5.69. The summed E-state index contributed by atoms with van der Waals surface area (Å²) in [5.41, 5.74) is 6.80. The number of amides is 3. The number of nitrogens with zero attached hydrogens (tertiary/aromatic N) is 2. The molecule has 3 amide bonds. The average molecular weight is 798 g/mol. The van der Waals surface area contributed by atoms with E-state index in [0.717, 1.165) is 44.5 Å². The summed E-state index contributed by atoms with van der Waals surface area (Å²) in [6, 6.07) is 41.1. The molecule has 2 aliphatic heterocycles. The molecule has 7 rings (SSSR count). The van der Waals surface area contributed by atoms with Crippen LogP contribution < -0.4 is 5.32 Å². The van der Waals surface area contributed by atoms with Crippen LogP contribution in [0.1, 0.15) is 72.1 Å². The Balaban J connectivity index is 1.06. The van der Waals surface area contributed by atoms with E-state index in [0.29, 0.717) is 6.54 Å². The topological polar surface area (TPSA) is 138 Å². The Labute approximate surface area is 345 Å². The number of aliphatic hydroxyl groups is 2. The highest BCUT2D eigenvalue weighted by Crippen LogP contribution is 2.43. The van der Waals surface area contributed by atoms with Crippen LogP contribution in [0.15, 0.2) is 133 Å². The number of imide groups is 1. The minimum Gasteiger partial charge on any atom is -0.445 e. The molecular weight excluding hydrogens is 747 g/mol. The maximum atomic E-state index is 13.3. The van der Waals surface area contributed by atoms with Crippen LogP contribution in [0.3, 0.4) is 0 Å². The molecule has 2 aliphatic rings. The van der Waals surface area contributed by atoms with Crippen LogP contribution in [0.2, 0.25) is 0 Å². The smallest absolute Gasteiger partial charge is 0.408 e. The first-order chi connectivity index (χ1) is 28.6. The largest absolute Gasteiger partial charge is 0.445 e. The molecule has 11 heteroatoms. The summed E-state index contributed by atoms with van der Waals surface area (Å²) in [5.74, 6) is -0.911. The lowest BCUT2D eigenvalue weighted by molar-refractivity contribution is -0.276. The Morgan fingerprint density at radius 1 is 0.831 bits per heavy atom. The Morgan fingerprint density at radius 3 is 2.20 bits per heavy atom. The van der Waals surface area contributed by atoms with E-state index >= 15 is 0 Å². The molecule has 0 saturated carbocycles. The average Bonchev–Trinajstić information content (AvgIpc) is 3.53. The fourth-order valence-corrected chi connectivity index (χ4v) is 7.71. The van der Waals surface area contributed by atoms with Crippen LogP contribution in [0.5, 0.6) is 0 Å². The highest BCUT2D eigenvalue weighted by Gasteiger charge is 2.41. The summed E-state index contributed by atoms with van der Waals surface area (Å²) in [6.45, 7) is 4.72. The van der Waals surface area contributed by atoms with Gasteiger partial charge in [0, 0.05) is 24.1 Å². The van der Waals surface area contributed by atoms with E-state index < -0.39 is 30.4 Å². The first-order valence-corrected chi connectivity index (χ1v) is 20.0. The molecule has 0 bridgehead atoms. The number of alkyl carbamates (subject to hydrolysis) is 1. The minimum absolute atomic E-state index is 0.0502. The minimum atomic E-state index is -0.999. The normalized spacial score (nSPS) is 21.7. The lowest BCUT2D eigenvalue weighted by Crippen LogP contribution is -2.46. The van der Waals surface area contributed by atoms with Crippen molar-refractivity contribution in [2.75, 3.05) is 13.6 Å². The van der Waals surface area contributed by atoms with E-state index in [2.05, 4.69) is 17.1 Å². The number of likely N-dealkylation sites (tertiary alicyclic amines) is 1. The van der Waals surface area contributed by atoms with E-state index in [1.807, 2.05) is 147 Å². The van der Waals surface area contributed by atoms with Gasteiger partial charge in [-0.15, -0.1) is 0 Å². The van der Waals surface area contributed by atoms with Crippen molar-refractivity contribution < 1.29 is 38.8 Å². The monoisotopic (exact) mass is 797 g/mol. The number of nitrogens with one attached hydrogen (secondary N) is 1. The van der Waals surface area contributed by atoms with Crippen molar-refractivity contribution in [1.29, 1.82) is 0 Å². The zero-order valence-electron chi connectivity index (χ0n) is 33.5. The van der Waals surface area contributed by atoms with E-state index in [1.165, 1.54) is 4.90 Å². The van der Waals surface area contributed by atoms with Crippen LogP contribution in [0.4, 0.5) is 4.79 Å². The number of likely N-dealkylation sites (N-methyl/N-ethyl adjacent to an activating group) is 1. The summed E-state index contributed by atoms with van der Waals surface area (Å²) in [6.07, 6.45) is -2.89. The van der Waals surface area contributed by atoms with Crippen LogP contribution in [0, 0.1) is 5.92 Å². The Morgan fingerprint density at radius 2 is 1.49 bits per heavy atom. The van der Waals surface area contributed by atoms with Gasteiger partial charge in [-0.1, -0.05) is 128 Å². The highest BCUT2D eigenvalue weighted by molar-refractivity contribution is 6.06. The second-order valence-electron chi connectivity index (χ2n) is 15.5. The molecule has 306 valence electrons. The van der Waals surface area contributed by atoms with E-state index in [1.54, 1.807) is 0 Å². The van der Waals surface area contributed by atoms with Crippen LogP contribution in [-0.2, 0) is 43.6 Å². The summed E-state index contributed by atoms with van der Waals surface area (Å²) in [7, 11) is 2.00. The molecule has 0 aliphatic carbocycles. The van der Waals surface area contributed by atoms with Gasteiger partial charge in [0.2, 0.25) is 5.91 Å². The molecule has 0 radical (unpaired) electrons. The number of ether oxygens (including phenoxy) is 3. The summed E-state index contributed by atoms with van der Waals surface area (Å²) >= 11 is 0. The molecule has 5 aromatic carbocycles. The molecule has 59 heavy (non-hydrogen) atoms. The van der Waals surface area contributed by atoms with Crippen molar-refractivity contribution >= 4 is 17.9 Å². The predicted octanol–water partition coefficient (Wildman–Crippen LogP) is 7.25. The number of hydrogen-bond donors (Lipinski definition) is 3. The van der Waals surface area contributed by atoms with Gasteiger partial charge in [0.15, 0.2) is 6.29 Å². The molecular formula is C48H51N3O8. The SMILES string of the molecule is C[C@@H]1[C@H](CN(C)[C@H](C)[C@@H](O)c2ccccc2)O[C@H](c2cccc(-c3cccc(CN4C(=O)CC(NC(=O)OCc5ccccc5)C4=O)c3)c2)O[C@@H]1c1ccc(CO)cc1. The maximum Gasteiger partial charge on any atom is 0.408 e. The van der Waals surface area contributed by atoms with Gasteiger partial charge < -0.3 is 29.7 Å². The maximum absolute atomic E-state index is 13.3. The predicted molar refractivity (Wildman–Crippen MR) is 222 cm³/mol. The van der Waals surface area contributed by atoms with Crippen LogP contribution >= 0.6 is 0 Å². The standard InChI is InChI=1S/C48H51N3O8/c1-31-42(28-50(3)32(2)44(54)36-15-8-5-9-16-36)58-47(59-45(31)37-22-20-33(29-52)21-23-37)40-19-11-18-39(25-40)38-17-10-14-35(24-38)27-51-43(53)26-41(46(51)55)49-48(56)57-30-34-12-6-4-7-13-34/h4-25,31-32,41-42,44-45,47,52,54H,26-30H2,1-3H3,(H,49,56)/t31-,32-,41?,42+,44-,45+,47+/m1/s1. The van der Waals surface area contributed by atoms with Crippen molar-refractivity contribution in [3.05, 3.63) is 167 Å². The lowest BCUT2D eigenvalue weighted by Gasteiger charge is -2.43. The lowest BCUT2D eigenvalue weighted by atomic mass is 9.89. The number of carbonyl (C=O) groups excluding carboxylic acids is 3. The third-order valence-electron chi connectivity index (χ3n) is 11.4. The van der Waals surface area contributed by atoms with Crippen molar-refractivity contribution in [2.45, 2.75) is 76.7 Å². The highest BCUT2D eigenvalue weighted by atomic mass is 16.7. The third kappa shape index (κ3) is 9.96. The molecule has 1 unspecified atom stereocenters. The number of benzene rings is 5. The van der Waals surface area contributed by atoms with Crippen molar-refractivity contribution in [3.63, 3.8) is 0 Å². The van der Waals surface area contributed by atoms with Gasteiger partial charge in [0.05, 0.1) is 37.9 Å². The second-order valence-corrected chi connectivity index (χ2v) is 15.5. The molecule has 2 fully saturated rings. The first-order valence-electron chi connectivity index (χ1n) is 20.0. The third-order valence-corrected chi connectivity index (χ3v) is 11.4. The van der Waals surface area contributed by atoms with Gasteiger partial charge in [0.25, 0.3) is 5.91 Å². The molecule has 7 atom stereocenters. The molecule has 3 N–H and O–H groups in total. The van der Waals surface area contributed by atoms with Gasteiger partial charge in [0.1, 0.15) is 12.6 Å². The molecule has 2 heterocycles. The van der Waals surface area contributed by atoms with Crippen molar-refractivity contribution in [2.24, 2.45) is 5.92 Å². The number of rotatable bonds is 14. The molecule has 5 aromatic rings. The van der Waals surface area contributed by atoms with E-state index in [4.69, 9.17) is 14.2 Å². The molecule has 11 nitrogen and oxygen atoms in total. The molecule has 0 spiro atoms. The summed E-state index contributed by atoms with van der Waals surface area (Å²) < 4.78 is 18.8. The van der Waals surface area contributed by atoms with E-state index in [-0.39, 0.29) is 56.3 Å². The molecule has 2 saturated heterocycles. The fourth-order valence-electron chi connectivity index (χ4n) is 7.71. The number of aliphatic hydroxyl groups excluding tert-OH is 2. The fraction of sp³-hybridized carbons (Fsp3) is 0.312. The van der Waals surface area contributed by atoms with Crippen LogP contribution in [0.25, 0.3) is 11.1 Å². The summed E-state index contributed by atoms with van der Waals surface area (Å²) in [4.78, 5) is 42.1. The first kappa shape index (κ1) is 41.5.